The lowest BCUT2D eigenvalue weighted by molar-refractivity contribution is 0.392. The molecule has 3 nitrogen and oxygen atoms in total. The van der Waals surface area contributed by atoms with Gasteiger partial charge in [-0.15, -0.1) is 0 Å². The fourth-order valence-corrected chi connectivity index (χ4v) is 1.20. The second-order valence-corrected chi connectivity index (χ2v) is 3.97. The van der Waals surface area contributed by atoms with Crippen LogP contribution in [0.5, 0.6) is 5.88 Å². The van der Waals surface area contributed by atoms with Crippen LogP contribution in [-0.2, 0) is 0 Å². The van der Waals surface area contributed by atoms with Gasteiger partial charge in [-0.05, 0) is 6.92 Å². The van der Waals surface area contributed by atoms with E-state index < -0.39 is 0 Å². The van der Waals surface area contributed by atoms with Gasteiger partial charge in [0.25, 0.3) is 0 Å². The SMILES string of the molecule is COc1ncncc1C(C)I. The van der Waals surface area contributed by atoms with Gasteiger partial charge in [-0.1, -0.05) is 22.6 Å². The first-order valence-corrected chi connectivity index (χ1v) is 4.48. The molecule has 60 valence electrons. The van der Waals surface area contributed by atoms with E-state index in [0.29, 0.717) is 9.80 Å². The normalized spacial score (nSPS) is 12.6. The summed E-state index contributed by atoms with van der Waals surface area (Å²) >= 11 is 2.30. The van der Waals surface area contributed by atoms with Crippen molar-refractivity contribution in [3.63, 3.8) is 0 Å². The van der Waals surface area contributed by atoms with Crippen LogP contribution in [0.15, 0.2) is 12.5 Å². The van der Waals surface area contributed by atoms with Gasteiger partial charge in [0.1, 0.15) is 6.33 Å². The Hall–Kier alpha value is -0.390. The smallest absolute Gasteiger partial charge is 0.220 e. The Morgan fingerprint density at radius 2 is 2.36 bits per heavy atom. The first-order chi connectivity index (χ1) is 5.25. The molecule has 0 fully saturated rings. The lowest BCUT2D eigenvalue weighted by Gasteiger charge is -2.06. The molecule has 0 radical (unpaired) electrons. The van der Waals surface area contributed by atoms with E-state index in [1.54, 1.807) is 13.3 Å². The van der Waals surface area contributed by atoms with Crippen molar-refractivity contribution in [1.29, 1.82) is 0 Å². The fourth-order valence-electron chi connectivity index (χ4n) is 0.773. The topological polar surface area (TPSA) is 35.0 Å². The Balaban J connectivity index is 3.02. The van der Waals surface area contributed by atoms with Crippen molar-refractivity contribution in [3.8, 4) is 5.88 Å². The van der Waals surface area contributed by atoms with Crippen LogP contribution in [0.4, 0.5) is 0 Å². The van der Waals surface area contributed by atoms with Gasteiger partial charge in [-0.3, -0.25) is 0 Å². The number of ether oxygens (including phenoxy) is 1. The van der Waals surface area contributed by atoms with Crippen LogP contribution in [0.1, 0.15) is 16.4 Å². The molecule has 0 aliphatic rings. The molecule has 0 saturated heterocycles. The predicted octanol–water partition coefficient (Wildman–Crippen LogP) is 1.98. The maximum Gasteiger partial charge on any atom is 0.220 e. The molecule has 1 unspecified atom stereocenters. The van der Waals surface area contributed by atoms with Crippen LogP contribution in [-0.4, -0.2) is 17.1 Å². The van der Waals surface area contributed by atoms with Gasteiger partial charge in [-0.2, -0.15) is 0 Å². The fraction of sp³-hybridized carbons (Fsp3) is 0.429. The summed E-state index contributed by atoms with van der Waals surface area (Å²) in [5, 5.41) is 0. The van der Waals surface area contributed by atoms with E-state index in [1.165, 1.54) is 6.33 Å². The molecule has 1 atom stereocenters. The Morgan fingerprint density at radius 1 is 1.64 bits per heavy atom. The second-order valence-electron chi connectivity index (χ2n) is 2.10. The predicted molar refractivity (Wildman–Crippen MR) is 51.0 cm³/mol. The molecule has 0 spiro atoms. The van der Waals surface area contributed by atoms with Crippen LogP contribution in [0, 0.1) is 0 Å². The van der Waals surface area contributed by atoms with Crippen LogP contribution in [0.3, 0.4) is 0 Å². The summed E-state index contributed by atoms with van der Waals surface area (Å²) in [6.07, 6.45) is 3.27. The number of aromatic nitrogens is 2. The third kappa shape index (κ3) is 2.02. The summed E-state index contributed by atoms with van der Waals surface area (Å²) < 4.78 is 5.43. The molecule has 0 aromatic carbocycles. The van der Waals surface area contributed by atoms with Gasteiger partial charge in [0.05, 0.1) is 7.11 Å². The summed E-state index contributed by atoms with van der Waals surface area (Å²) in [6, 6.07) is 0. The van der Waals surface area contributed by atoms with Crippen molar-refractivity contribution >= 4 is 22.6 Å². The van der Waals surface area contributed by atoms with Crippen molar-refractivity contribution in [2.45, 2.75) is 10.8 Å². The van der Waals surface area contributed by atoms with Gasteiger partial charge < -0.3 is 4.74 Å². The number of rotatable bonds is 2. The van der Waals surface area contributed by atoms with Gasteiger partial charge in [0.2, 0.25) is 5.88 Å². The summed E-state index contributed by atoms with van der Waals surface area (Å²) in [4.78, 5) is 7.90. The third-order valence-electron chi connectivity index (χ3n) is 1.32. The molecule has 0 aliphatic carbocycles. The molecule has 1 rings (SSSR count). The lowest BCUT2D eigenvalue weighted by atomic mass is 10.2. The highest BCUT2D eigenvalue weighted by Crippen LogP contribution is 2.27. The minimum Gasteiger partial charge on any atom is -0.481 e. The van der Waals surface area contributed by atoms with E-state index in [4.69, 9.17) is 4.74 Å². The average Bonchev–Trinajstić information content (AvgIpc) is 2.04. The van der Waals surface area contributed by atoms with Gasteiger partial charge in [0.15, 0.2) is 0 Å². The van der Waals surface area contributed by atoms with Crippen molar-refractivity contribution < 1.29 is 4.74 Å². The van der Waals surface area contributed by atoms with Crippen molar-refractivity contribution in [2.75, 3.05) is 7.11 Å². The number of halogens is 1. The molecule has 4 heteroatoms. The molecule has 0 saturated carbocycles. The average molecular weight is 264 g/mol. The van der Waals surface area contributed by atoms with E-state index in [1.807, 2.05) is 0 Å². The molecule has 1 aromatic rings. The standard InChI is InChI=1S/C7H9IN2O/c1-5(8)6-3-9-4-10-7(6)11-2/h3-5H,1-2H3. The largest absolute Gasteiger partial charge is 0.481 e. The molecule has 11 heavy (non-hydrogen) atoms. The monoisotopic (exact) mass is 264 g/mol. The van der Waals surface area contributed by atoms with Crippen molar-refractivity contribution in [3.05, 3.63) is 18.1 Å². The zero-order chi connectivity index (χ0) is 8.27. The maximum absolute atomic E-state index is 5.05. The zero-order valence-electron chi connectivity index (χ0n) is 6.41. The Kier molecular flexibility index (Phi) is 3.04. The van der Waals surface area contributed by atoms with Crippen molar-refractivity contribution in [1.82, 2.24) is 9.97 Å². The zero-order valence-corrected chi connectivity index (χ0v) is 8.57. The number of hydrogen-bond acceptors (Lipinski definition) is 3. The quantitative estimate of drug-likeness (QED) is 0.605. The maximum atomic E-state index is 5.05. The second kappa shape index (κ2) is 3.85. The molecule has 0 aliphatic heterocycles. The highest BCUT2D eigenvalue weighted by molar-refractivity contribution is 14.1. The first kappa shape index (κ1) is 8.70. The summed E-state index contributed by atoms with van der Waals surface area (Å²) in [7, 11) is 1.62. The minimum atomic E-state index is 0.378. The van der Waals surface area contributed by atoms with E-state index in [0.717, 1.165) is 5.56 Å². The first-order valence-electron chi connectivity index (χ1n) is 3.23. The van der Waals surface area contributed by atoms with E-state index >= 15 is 0 Å². The van der Waals surface area contributed by atoms with Gasteiger partial charge in [-0.25, -0.2) is 9.97 Å². The van der Waals surface area contributed by atoms with Crippen LogP contribution < -0.4 is 4.74 Å². The molecule has 1 heterocycles. The van der Waals surface area contributed by atoms with Crippen LogP contribution in [0.25, 0.3) is 0 Å². The highest BCUT2D eigenvalue weighted by atomic mass is 127. The molecule has 0 N–H and O–H groups in total. The summed E-state index contributed by atoms with van der Waals surface area (Å²) in [5.74, 6) is 0.668. The molecule has 0 bridgehead atoms. The van der Waals surface area contributed by atoms with Gasteiger partial charge >= 0.3 is 0 Å². The molecular formula is C7H9IN2O. The summed E-state index contributed by atoms with van der Waals surface area (Å²) in [6.45, 7) is 2.07. The molecule has 1 aromatic heterocycles. The van der Waals surface area contributed by atoms with E-state index in [9.17, 15) is 0 Å². The number of hydrogen-bond donors (Lipinski definition) is 0. The molecular weight excluding hydrogens is 255 g/mol. The van der Waals surface area contributed by atoms with Crippen molar-refractivity contribution in [2.24, 2.45) is 0 Å². The Morgan fingerprint density at radius 3 is 2.82 bits per heavy atom. The number of nitrogens with zero attached hydrogens (tertiary/aromatic N) is 2. The van der Waals surface area contributed by atoms with E-state index in [2.05, 4.69) is 39.5 Å². The minimum absolute atomic E-state index is 0.378. The number of methoxy groups -OCH3 is 1. The van der Waals surface area contributed by atoms with Crippen LogP contribution >= 0.6 is 22.6 Å². The van der Waals surface area contributed by atoms with Gasteiger partial charge in [0, 0.05) is 15.7 Å². The highest BCUT2D eigenvalue weighted by Gasteiger charge is 2.08. The Bertz CT molecular complexity index is 240. The third-order valence-corrected chi connectivity index (χ3v) is 2.00. The van der Waals surface area contributed by atoms with Crippen LogP contribution in [0.2, 0.25) is 0 Å². The van der Waals surface area contributed by atoms with E-state index in [-0.39, 0.29) is 0 Å². The summed E-state index contributed by atoms with van der Waals surface area (Å²) in [5.41, 5.74) is 1.04. The Labute approximate surface area is 79.3 Å². The number of alkyl halides is 1. The lowest BCUT2D eigenvalue weighted by Crippen LogP contribution is -1.95. The molecule has 0 amide bonds.